The van der Waals surface area contributed by atoms with Crippen LogP contribution in [0.4, 0.5) is 11.4 Å². The lowest BCUT2D eigenvalue weighted by atomic mass is 10.2. The van der Waals surface area contributed by atoms with E-state index in [1.807, 2.05) is 36.4 Å². The molecule has 1 heterocycles. The Hall–Kier alpha value is -3.91. The van der Waals surface area contributed by atoms with Gasteiger partial charge < -0.3 is 15.0 Å². The van der Waals surface area contributed by atoms with Crippen molar-refractivity contribution in [2.45, 2.75) is 4.90 Å². The number of anilines is 2. The fourth-order valence-electron chi connectivity index (χ4n) is 3.87. The van der Waals surface area contributed by atoms with Crippen LogP contribution >= 0.6 is 11.6 Å². The standard InChI is InChI=1S/C26H23ClN4O5S/c27-24-10-9-22(37(34,35)31-13-11-30(12-14-31)21-7-2-1-3-8-21)16-23(24)26(33)36-18-25(32)29-20-6-4-5-19(15-20)17-28/h1-10,15-16H,11-14,18H2,(H,29,32). The first-order valence-electron chi connectivity index (χ1n) is 11.3. The third-order valence-electron chi connectivity index (χ3n) is 5.77. The number of carbonyl (C=O) groups excluding carboxylic acids is 2. The van der Waals surface area contributed by atoms with E-state index in [1.54, 1.807) is 18.2 Å². The van der Waals surface area contributed by atoms with Crippen LogP contribution in [0.1, 0.15) is 15.9 Å². The van der Waals surface area contributed by atoms with Gasteiger partial charge in [-0.25, -0.2) is 13.2 Å². The largest absolute Gasteiger partial charge is 0.452 e. The zero-order valence-corrected chi connectivity index (χ0v) is 21.2. The maximum Gasteiger partial charge on any atom is 0.340 e. The molecule has 0 aliphatic carbocycles. The number of nitriles is 1. The third kappa shape index (κ3) is 6.27. The zero-order valence-electron chi connectivity index (χ0n) is 19.6. The van der Waals surface area contributed by atoms with Gasteiger partial charge in [0.15, 0.2) is 6.61 Å². The molecule has 3 aromatic rings. The van der Waals surface area contributed by atoms with Gasteiger partial charge in [-0.3, -0.25) is 4.79 Å². The van der Waals surface area contributed by atoms with Crippen molar-refractivity contribution in [1.29, 1.82) is 5.26 Å². The van der Waals surface area contributed by atoms with Crippen molar-refractivity contribution < 1.29 is 22.7 Å². The number of carbonyl (C=O) groups is 2. The highest BCUT2D eigenvalue weighted by atomic mass is 35.5. The van der Waals surface area contributed by atoms with Crippen LogP contribution in [0, 0.1) is 11.3 Å². The van der Waals surface area contributed by atoms with Crippen molar-refractivity contribution in [1.82, 2.24) is 4.31 Å². The molecule has 11 heteroatoms. The maximum atomic E-state index is 13.3. The van der Waals surface area contributed by atoms with Gasteiger partial charge in [0.05, 0.1) is 27.1 Å². The van der Waals surface area contributed by atoms with Crippen molar-refractivity contribution in [3.05, 3.63) is 88.9 Å². The van der Waals surface area contributed by atoms with Gasteiger partial charge in [0.1, 0.15) is 0 Å². The van der Waals surface area contributed by atoms with E-state index in [0.29, 0.717) is 24.3 Å². The lowest BCUT2D eigenvalue weighted by Gasteiger charge is -2.35. The molecule has 37 heavy (non-hydrogen) atoms. The molecule has 1 saturated heterocycles. The Morgan fingerprint density at radius 3 is 2.41 bits per heavy atom. The molecular weight excluding hydrogens is 516 g/mol. The number of rotatable bonds is 7. The highest BCUT2D eigenvalue weighted by Gasteiger charge is 2.30. The van der Waals surface area contributed by atoms with Crippen LogP contribution in [-0.2, 0) is 19.6 Å². The van der Waals surface area contributed by atoms with Crippen molar-refractivity contribution in [3.8, 4) is 6.07 Å². The van der Waals surface area contributed by atoms with E-state index in [2.05, 4.69) is 10.2 Å². The third-order valence-corrected chi connectivity index (χ3v) is 7.99. The predicted molar refractivity (Wildman–Crippen MR) is 139 cm³/mol. The second kappa shape index (κ2) is 11.4. The second-order valence-corrected chi connectivity index (χ2v) is 10.5. The van der Waals surface area contributed by atoms with Gasteiger partial charge in [-0.05, 0) is 48.5 Å². The maximum absolute atomic E-state index is 13.3. The Morgan fingerprint density at radius 1 is 0.973 bits per heavy atom. The molecule has 1 fully saturated rings. The number of para-hydroxylation sites is 1. The van der Waals surface area contributed by atoms with Crippen LogP contribution in [0.2, 0.25) is 5.02 Å². The van der Waals surface area contributed by atoms with Gasteiger partial charge in [0.2, 0.25) is 10.0 Å². The fraction of sp³-hybridized carbons (Fsp3) is 0.192. The van der Waals surface area contributed by atoms with E-state index in [4.69, 9.17) is 21.6 Å². The van der Waals surface area contributed by atoms with Gasteiger partial charge in [-0.15, -0.1) is 0 Å². The number of hydrogen-bond acceptors (Lipinski definition) is 7. The lowest BCUT2D eigenvalue weighted by Crippen LogP contribution is -2.48. The Bertz CT molecular complexity index is 1450. The number of esters is 1. The van der Waals surface area contributed by atoms with Gasteiger partial charge >= 0.3 is 5.97 Å². The number of hydrogen-bond donors (Lipinski definition) is 1. The van der Waals surface area contributed by atoms with Crippen molar-refractivity contribution in [3.63, 3.8) is 0 Å². The zero-order chi connectivity index (χ0) is 26.4. The van der Waals surface area contributed by atoms with Gasteiger partial charge in [-0.2, -0.15) is 9.57 Å². The first kappa shape index (κ1) is 26.2. The number of nitrogens with zero attached hydrogens (tertiary/aromatic N) is 3. The van der Waals surface area contributed by atoms with E-state index in [0.717, 1.165) is 11.8 Å². The SMILES string of the molecule is N#Cc1cccc(NC(=O)COC(=O)c2cc(S(=O)(=O)N3CCN(c4ccccc4)CC3)ccc2Cl)c1. The minimum atomic E-state index is -3.88. The summed E-state index contributed by atoms with van der Waals surface area (Å²) in [6.07, 6.45) is 0. The molecule has 0 spiro atoms. The molecule has 0 unspecified atom stereocenters. The summed E-state index contributed by atoms with van der Waals surface area (Å²) in [5.74, 6) is -1.56. The van der Waals surface area contributed by atoms with Gasteiger partial charge in [0, 0.05) is 37.6 Å². The van der Waals surface area contributed by atoms with E-state index in [1.165, 1.54) is 22.5 Å². The number of sulfonamides is 1. The topological polar surface area (TPSA) is 120 Å². The molecule has 0 radical (unpaired) electrons. The minimum Gasteiger partial charge on any atom is -0.452 e. The molecular formula is C26H23ClN4O5S. The summed E-state index contributed by atoms with van der Waals surface area (Å²) < 4.78 is 33.0. The molecule has 1 N–H and O–H groups in total. The molecule has 0 atom stereocenters. The molecule has 0 aromatic heterocycles. The fourth-order valence-corrected chi connectivity index (χ4v) is 5.51. The van der Waals surface area contributed by atoms with E-state index in [9.17, 15) is 18.0 Å². The van der Waals surface area contributed by atoms with Gasteiger partial charge in [0.25, 0.3) is 5.91 Å². The molecule has 1 aliphatic heterocycles. The molecule has 9 nitrogen and oxygen atoms in total. The van der Waals surface area contributed by atoms with Gasteiger partial charge in [-0.1, -0.05) is 35.9 Å². The summed E-state index contributed by atoms with van der Waals surface area (Å²) >= 11 is 6.15. The Kier molecular flexibility index (Phi) is 8.08. The minimum absolute atomic E-state index is 0.0000218. The van der Waals surface area contributed by atoms with Crippen LogP contribution < -0.4 is 10.2 Å². The van der Waals surface area contributed by atoms with Crippen molar-refractivity contribution in [2.24, 2.45) is 0 Å². The quantitative estimate of drug-likeness (QED) is 0.457. The first-order valence-corrected chi connectivity index (χ1v) is 13.2. The number of nitrogens with one attached hydrogen (secondary N) is 1. The molecule has 3 aromatic carbocycles. The van der Waals surface area contributed by atoms with E-state index >= 15 is 0 Å². The summed E-state index contributed by atoms with van der Waals surface area (Å²) in [6, 6.07) is 21.8. The lowest BCUT2D eigenvalue weighted by molar-refractivity contribution is -0.119. The van der Waals surface area contributed by atoms with Crippen LogP contribution in [0.3, 0.4) is 0 Å². The summed E-state index contributed by atoms with van der Waals surface area (Å²) in [4.78, 5) is 26.8. The Balaban J connectivity index is 1.39. The smallest absolute Gasteiger partial charge is 0.340 e. The van der Waals surface area contributed by atoms with E-state index in [-0.39, 0.29) is 28.6 Å². The molecule has 0 saturated carbocycles. The number of benzene rings is 3. The predicted octanol–water partition coefficient (Wildman–Crippen LogP) is 3.52. The number of amides is 1. The summed E-state index contributed by atoms with van der Waals surface area (Å²) in [7, 11) is -3.88. The number of piperazine rings is 1. The molecule has 190 valence electrons. The van der Waals surface area contributed by atoms with Crippen molar-refractivity contribution >= 4 is 44.9 Å². The van der Waals surface area contributed by atoms with Crippen LogP contribution in [0.25, 0.3) is 0 Å². The Labute approximate surface area is 219 Å². The summed E-state index contributed by atoms with van der Waals surface area (Å²) in [6.45, 7) is 1.00. The Morgan fingerprint density at radius 2 is 1.70 bits per heavy atom. The van der Waals surface area contributed by atoms with Crippen molar-refractivity contribution in [2.75, 3.05) is 43.0 Å². The average molecular weight is 539 g/mol. The average Bonchev–Trinajstić information content (AvgIpc) is 2.92. The van der Waals surface area contributed by atoms with E-state index < -0.39 is 28.5 Å². The van der Waals surface area contributed by atoms with Crippen LogP contribution in [0.15, 0.2) is 77.7 Å². The monoisotopic (exact) mass is 538 g/mol. The van der Waals surface area contributed by atoms with Crippen LogP contribution in [0.5, 0.6) is 0 Å². The first-order chi connectivity index (χ1) is 17.8. The highest BCUT2D eigenvalue weighted by molar-refractivity contribution is 7.89. The molecule has 1 aliphatic rings. The summed E-state index contributed by atoms with van der Waals surface area (Å²) in [5, 5.41) is 11.5. The molecule has 4 rings (SSSR count). The number of ether oxygens (including phenoxy) is 1. The highest BCUT2D eigenvalue weighted by Crippen LogP contribution is 2.25. The normalized spacial score (nSPS) is 14.0. The summed E-state index contributed by atoms with van der Waals surface area (Å²) in [5.41, 5.74) is 1.60. The van der Waals surface area contributed by atoms with Crippen LogP contribution in [-0.4, -0.2) is 57.4 Å². The molecule has 0 bridgehead atoms. The second-order valence-electron chi connectivity index (χ2n) is 8.19. The number of halogens is 1. The molecule has 1 amide bonds.